The molecule has 0 saturated heterocycles. The third-order valence-electron chi connectivity index (χ3n) is 3.17. The number of nitrogens with one attached hydrogen (secondary N) is 1. The lowest BCUT2D eigenvalue weighted by Crippen LogP contribution is -2.15. The van der Waals surface area contributed by atoms with Gasteiger partial charge in [-0.15, -0.1) is 0 Å². The standard InChI is InChI=1S/C18H31NO4/c1-4-9-19-15-16-7-8-17(22-12-10-20-5-2)14-18(16)23-13-11-21-6-3/h7-8,14,19H,4-6,9-13,15H2,1-3H3. The predicted octanol–water partition coefficient (Wildman–Crippen LogP) is 3.02. The van der Waals surface area contributed by atoms with Gasteiger partial charge in [-0.2, -0.15) is 0 Å². The van der Waals surface area contributed by atoms with Gasteiger partial charge in [0, 0.05) is 31.4 Å². The summed E-state index contributed by atoms with van der Waals surface area (Å²) in [5.74, 6) is 1.65. The van der Waals surface area contributed by atoms with Crippen LogP contribution in [0.3, 0.4) is 0 Å². The lowest BCUT2D eigenvalue weighted by atomic mass is 10.2. The lowest BCUT2D eigenvalue weighted by Gasteiger charge is -2.14. The first-order valence-electron chi connectivity index (χ1n) is 8.56. The van der Waals surface area contributed by atoms with Gasteiger partial charge in [-0.3, -0.25) is 0 Å². The van der Waals surface area contributed by atoms with E-state index in [0.717, 1.165) is 36.6 Å². The summed E-state index contributed by atoms with van der Waals surface area (Å²) >= 11 is 0. The van der Waals surface area contributed by atoms with E-state index in [9.17, 15) is 0 Å². The average Bonchev–Trinajstić information content (AvgIpc) is 2.57. The Hall–Kier alpha value is -1.30. The van der Waals surface area contributed by atoms with Gasteiger partial charge in [-0.25, -0.2) is 0 Å². The van der Waals surface area contributed by atoms with E-state index >= 15 is 0 Å². The fraction of sp³-hybridized carbons (Fsp3) is 0.667. The molecule has 0 atom stereocenters. The van der Waals surface area contributed by atoms with E-state index in [4.69, 9.17) is 18.9 Å². The van der Waals surface area contributed by atoms with Crippen LogP contribution in [-0.2, 0) is 16.0 Å². The molecule has 0 bridgehead atoms. The summed E-state index contributed by atoms with van der Waals surface area (Å²) in [6, 6.07) is 5.97. The lowest BCUT2D eigenvalue weighted by molar-refractivity contribution is 0.107. The molecule has 0 spiro atoms. The second-order valence-electron chi connectivity index (χ2n) is 5.04. The number of rotatable bonds is 14. The normalized spacial score (nSPS) is 10.7. The van der Waals surface area contributed by atoms with Gasteiger partial charge in [0.2, 0.25) is 0 Å². The number of ether oxygens (including phenoxy) is 4. The molecule has 23 heavy (non-hydrogen) atoms. The zero-order valence-electron chi connectivity index (χ0n) is 14.7. The molecule has 5 heteroatoms. The van der Waals surface area contributed by atoms with Crippen LogP contribution in [0.4, 0.5) is 0 Å². The summed E-state index contributed by atoms with van der Waals surface area (Å²) in [5.41, 5.74) is 1.13. The summed E-state index contributed by atoms with van der Waals surface area (Å²) in [6.45, 7) is 11.6. The molecule has 0 heterocycles. The maximum absolute atomic E-state index is 5.86. The molecule has 132 valence electrons. The van der Waals surface area contributed by atoms with Crippen molar-refractivity contribution >= 4 is 0 Å². The minimum atomic E-state index is 0.539. The van der Waals surface area contributed by atoms with Crippen LogP contribution in [0, 0.1) is 0 Å². The molecular weight excluding hydrogens is 294 g/mol. The molecule has 5 nitrogen and oxygen atoms in total. The molecule has 1 aromatic carbocycles. The van der Waals surface area contributed by atoms with E-state index in [1.807, 2.05) is 26.0 Å². The SMILES string of the molecule is CCCNCc1ccc(OCCOCC)cc1OCCOCC. The number of benzene rings is 1. The second-order valence-corrected chi connectivity index (χ2v) is 5.04. The summed E-state index contributed by atoms with van der Waals surface area (Å²) in [5, 5.41) is 3.40. The Bertz CT molecular complexity index is 412. The highest BCUT2D eigenvalue weighted by Gasteiger charge is 2.06. The minimum Gasteiger partial charge on any atom is -0.491 e. The van der Waals surface area contributed by atoms with Gasteiger partial charge in [0.25, 0.3) is 0 Å². The van der Waals surface area contributed by atoms with Crippen LogP contribution in [0.25, 0.3) is 0 Å². The summed E-state index contributed by atoms with van der Waals surface area (Å²) in [4.78, 5) is 0. The van der Waals surface area contributed by atoms with E-state index in [-0.39, 0.29) is 0 Å². The summed E-state index contributed by atoms with van der Waals surface area (Å²) < 4.78 is 22.2. The van der Waals surface area contributed by atoms with Gasteiger partial charge in [-0.05, 0) is 32.9 Å². The molecule has 1 aromatic rings. The first kappa shape index (κ1) is 19.7. The zero-order chi connectivity index (χ0) is 16.8. The van der Waals surface area contributed by atoms with Crippen molar-refractivity contribution in [2.75, 3.05) is 46.2 Å². The highest BCUT2D eigenvalue weighted by atomic mass is 16.5. The van der Waals surface area contributed by atoms with Crippen molar-refractivity contribution in [3.8, 4) is 11.5 Å². The van der Waals surface area contributed by atoms with Gasteiger partial charge in [0.15, 0.2) is 0 Å². The Morgan fingerprint density at radius 3 is 2.22 bits per heavy atom. The molecule has 1 N–H and O–H groups in total. The Balaban J connectivity index is 2.59. The molecule has 1 rings (SSSR count). The first-order chi connectivity index (χ1) is 11.3. The van der Waals surface area contributed by atoms with Gasteiger partial charge < -0.3 is 24.3 Å². The van der Waals surface area contributed by atoms with Crippen molar-refractivity contribution in [1.29, 1.82) is 0 Å². The fourth-order valence-corrected chi connectivity index (χ4v) is 2.02. The Labute approximate surface area is 140 Å². The maximum Gasteiger partial charge on any atom is 0.127 e. The number of hydrogen-bond donors (Lipinski definition) is 1. The van der Waals surface area contributed by atoms with Gasteiger partial charge in [0.1, 0.15) is 24.7 Å². The molecule has 0 radical (unpaired) electrons. The quantitative estimate of drug-likeness (QED) is 0.533. The van der Waals surface area contributed by atoms with Crippen LogP contribution in [0.1, 0.15) is 32.8 Å². The van der Waals surface area contributed by atoms with Gasteiger partial charge >= 0.3 is 0 Å². The summed E-state index contributed by atoms with van der Waals surface area (Å²) in [7, 11) is 0. The maximum atomic E-state index is 5.86. The Morgan fingerprint density at radius 1 is 0.870 bits per heavy atom. The molecule has 0 saturated carbocycles. The highest BCUT2D eigenvalue weighted by molar-refractivity contribution is 5.40. The molecular formula is C18H31NO4. The minimum absolute atomic E-state index is 0.539. The van der Waals surface area contributed by atoms with Crippen LogP contribution in [-0.4, -0.2) is 46.2 Å². The third kappa shape index (κ3) is 8.79. The molecule has 0 amide bonds. The van der Waals surface area contributed by atoms with E-state index in [0.29, 0.717) is 39.6 Å². The topological polar surface area (TPSA) is 49.0 Å². The molecule has 0 aliphatic heterocycles. The van der Waals surface area contributed by atoms with Crippen molar-refractivity contribution < 1.29 is 18.9 Å². The van der Waals surface area contributed by atoms with E-state index in [1.165, 1.54) is 0 Å². The van der Waals surface area contributed by atoms with Crippen molar-refractivity contribution in [3.63, 3.8) is 0 Å². The smallest absolute Gasteiger partial charge is 0.127 e. The van der Waals surface area contributed by atoms with Crippen LogP contribution in [0.15, 0.2) is 18.2 Å². The van der Waals surface area contributed by atoms with Crippen molar-refractivity contribution in [2.45, 2.75) is 33.7 Å². The predicted molar refractivity (Wildman–Crippen MR) is 92.4 cm³/mol. The molecule has 0 fully saturated rings. The summed E-state index contributed by atoms with van der Waals surface area (Å²) in [6.07, 6.45) is 1.11. The van der Waals surface area contributed by atoms with Crippen LogP contribution in [0.2, 0.25) is 0 Å². The van der Waals surface area contributed by atoms with E-state index < -0.39 is 0 Å². The molecule has 0 aromatic heterocycles. The zero-order valence-corrected chi connectivity index (χ0v) is 14.7. The molecule has 0 aliphatic rings. The largest absolute Gasteiger partial charge is 0.491 e. The monoisotopic (exact) mass is 325 g/mol. The van der Waals surface area contributed by atoms with Gasteiger partial charge in [-0.1, -0.05) is 13.0 Å². The Kier molecular flexibility index (Phi) is 11.3. The van der Waals surface area contributed by atoms with Crippen molar-refractivity contribution in [1.82, 2.24) is 5.32 Å². The van der Waals surface area contributed by atoms with Gasteiger partial charge in [0.05, 0.1) is 13.2 Å². The average molecular weight is 325 g/mol. The molecule has 0 aliphatic carbocycles. The highest BCUT2D eigenvalue weighted by Crippen LogP contribution is 2.25. The third-order valence-corrected chi connectivity index (χ3v) is 3.17. The first-order valence-corrected chi connectivity index (χ1v) is 8.56. The Morgan fingerprint density at radius 2 is 1.57 bits per heavy atom. The van der Waals surface area contributed by atoms with E-state index in [2.05, 4.69) is 18.3 Å². The number of hydrogen-bond acceptors (Lipinski definition) is 5. The van der Waals surface area contributed by atoms with Crippen LogP contribution in [0.5, 0.6) is 11.5 Å². The molecule has 0 unspecified atom stereocenters. The fourth-order valence-electron chi connectivity index (χ4n) is 2.02. The van der Waals surface area contributed by atoms with Crippen molar-refractivity contribution in [3.05, 3.63) is 23.8 Å². The van der Waals surface area contributed by atoms with Crippen LogP contribution >= 0.6 is 0 Å². The second kappa shape index (κ2) is 13.2. The van der Waals surface area contributed by atoms with E-state index in [1.54, 1.807) is 0 Å². The van der Waals surface area contributed by atoms with Crippen molar-refractivity contribution in [2.24, 2.45) is 0 Å². The van der Waals surface area contributed by atoms with Crippen LogP contribution < -0.4 is 14.8 Å².